The van der Waals surface area contributed by atoms with Gasteiger partial charge in [0.05, 0.1) is 0 Å². The van der Waals surface area contributed by atoms with E-state index in [2.05, 4.69) is 5.32 Å². The summed E-state index contributed by atoms with van der Waals surface area (Å²) in [6.07, 6.45) is 1.06. The zero-order valence-electron chi connectivity index (χ0n) is 10.4. The van der Waals surface area contributed by atoms with Gasteiger partial charge in [0.25, 0.3) is 0 Å². The Hall–Kier alpha value is -1.36. The predicted octanol–water partition coefficient (Wildman–Crippen LogP) is 1.68. The standard InChI is InChI=1S/C12H17NO3S/c1-8-5-6-9(2)11(7-8)13-12(14)10(3)17(4,15)16/h5-7,10H,1-4H3,(H,13,14). The van der Waals surface area contributed by atoms with Crippen LogP contribution in [0.4, 0.5) is 5.69 Å². The minimum absolute atomic E-state index is 0.499. The Bertz CT molecular complexity index is 535. The molecule has 0 radical (unpaired) electrons. The number of hydrogen-bond donors (Lipinski definition) is 1. The Kier molecular flexibility index (Phi) is 3.93. The summed E-state index contributed by atoms with van der Waals surface area (Å²) < 4.78 is 22.5. The highest BCUT2D eigenvalue weighted by Crippen LogP contribution is 2.17. The number of amides is 1. The van der Waals surface area contributed by atoms with Crippen molar-refractivity contribution < 1.29 is 13.2 Å². The summed E-state index contributed by atoms with van der Waals surface area (Å²) in [5.41, 5.74) is 2.58. The largest absolute Gasteiger partial charge is 0.325 e. The van der Waals surface area contributed by atoms with Crippen LogP contribution in [0.15, 0.2) is 18.2 Å². The quantitative estimate of drug-likeness (QED) is 0.893. The van der Waals surface area contributed by atoms with Gasteiger partial charge in [-0.15, -0.1) is 0 Å². The van der Waals surface area contributed by atoms with E-state index in [1.807, 2.05) is 32.0 Å². The first kappa shape index (κ1) is 13.7. The Balaban J connectivity index is 2.92. The van der Waals surface area contributed by atoms with Crippen LogP contribution in [0.3, 0.4) is 0 Å². The number of sulfone groups is 1. The van der Waals surface area contributed by atoms with Crippen molar-refractivity contribution in [3.63, 3.8) is 0 Å². The smallest absolute Gasteiger partial charge is 0.242 e. The lowest BCUT2D eigenvalue weighted by atomic mass is 10.1. The van der Waals surface area contributed by atoms with Crippen LogP contribution >= 0.6 is 0 Å². The van der Waals surface area contributed by atoms with Gasteiger partial charge in [-0.2, -0.15) is 0 Å². The van der Waals surface area contributed by atoms with Crippen LogP contribution in [0.5, 0.6) is 0 Å². The molecule has 4 nitrogen and oxygen atoms in total. The topological polar surface area (TPSA) is 63.2 Å². The molecule has 0 spiro atoms. The second-order valence-corrected chi connectivity index (χ2v) is 6.65. The van der Waals surface area contributed by atoms with Gasteiger partial charge in [-0.3, -0.25) is 4.79 Å². The van der Waals surface area contributed by atoms with E-state index >= 15 is 0 Å². The molecule has 0 aliphatic carbocycles. The minimum atomic E-state index is -3.36. The van der Waals surface area contributed by atoms with E-state index in [0.717, 1.165) is 17.4 Å². The number of carbonyl (C=O) groups is 1. The molecule has 0 aliphatic rings. The van der Waals surface area contributed by atoms with Crippen molar-refractivity contribution in [2.45, 2.75) is 26.0 Å². The highest BCUT2D eigenvalue weighted by Gasteiger charge is 2.23. The Morgan fingerprint density at radius 3 is 2.41 bits per heavy atom. The molecule has 1 aromatic rings. The first-order valence-corrected chi connectivity index (χ1v) is 7.24. The van der Waals surface area contributed by atoms with Crippen LogP contribution in [0.25, 0.3) is 0 Å². The second kappa shape index (κ2) is 4.87. The monoisotopic (exact) mass is 255 g/mol. The first-order chi connectivity index (χ1) is 7.71. The van der Waals surface area contributed by atoms with E-state index in [0.29, 0.717) is 5.69 Å². The second-order valence-electron chi connectivity index (χ2n) is 4.28. The Labute approximate surface area is 102 Å². The van der Waals surface area contributed by atoms with Crippen LogP contribution in [0, 0.1) is 13.8 Å². The molecule has 1 N–H and O–H groups in total. The number of carbonyl (C=O) groups excluding carboxylic acids is 1. The van der Waals surface area contributed by atoms with Gasteiger partial charge in [0.2, 0.25) is 5.91 Å². The molecule has 0 saturated carbocycles. The van der Waals surface area contributed by atoms with E-state index in [1.165, 1.54) is 6.92 Å². The van der Waals surface area contributed by atoms with Crippen LogP contribution in [0.2, 0.25) is 0 Å². The molecule has 0 fully saturated rings. The lowest BCUT2D eigenvalue weighted by molar-refractivity contribution is -0.115. The van der Waals surface area contributed by atoms with Crippen molar-refractivity contribution in [1.82, 2.24) is 0 Å². The molecular formula is C12H17NO3S. The fraction of sp³-hybridized carbons (Fsp3) is 0.417. The van der Waals surface area contributed by atoms with E-state index in [4.69, 9.17) is 0 Å². The molecule has 5 heteroatoms. The van der Waals surface area contributed by atoms with Crippen molar-refractivity contribution in [2.75, 3.05) is 11.6 Å². The number of benzene rings is 1. The van der Waals surface area contributed by atoms with Gasteiger partial charge >= 0.3 is 0 Å². The molecule has 17 heavy (non-hydrogen) atoms. The third kappa shape index (κ3) is 3.56. The molecule has 1 aromatic carbocycles. The molecule has 1 amide bonds. The third-order valence-electron chi connectivity index (χ3n) is 2.66. The minimum Gasteiger partial charge on any atom is -0.325 e. The van der Waals surface area contributed by atoms with Crippen LogP contribution in [0.1, 0.15) is 18.1 Å². The van der Waals surface area contributed by atoms with E-state index < -0.39 is 21.0 Å². The van der Waals surface area contributed by atoms with Gasteiger partial charge < -0.3 is 5.32 Å². The van der Waals surface area contributed by atoms with Gasteiger partial charge in [-0.1, -0.05) is 12.1 Å². The summed E-state index contributed by atoms with van der Waals surface area (Å²) in [5.74, 6) is -0.499. The normalized spacial score (nSPS) is 13.2. The molecule has 1 rings (SSSR count). The van der Waals surface area contributed by atoms with Crippen LogP contribution < -0.4 is 5.32 Å². The molecule has 1 atom stereocenters. The summed E-state index contributed by atoms with van der Waals surface area (Å²) in [6.45, 7) is 5.16. The molecule has 0 bridgehead atoms. The first-order valence-electron chi connectivity index (χ1n) is 5.29. The van der Waals surface area contributed by atoms with E-state index in [1.54, 1.807) is 0 Å². The maximum atomic E-state index is 11.7. The lowest BCUT2D eigenvalue weighted by Crippen LogP contribution is -2.32. The molecule has 0 heterocycles. The zero-order valence-corrected chi connectivity index (χ0v) is 11.3. The number of anilines is 1. The Morgan fingerprint density at radius 2 is 1.88 bits per heavy atom. The molecule has 0 aliphatic heterocycles. The van der Waals surface area contributed by atoms with E-state index in [9.17, 15) is 13.2 Å². The highest BCUT2D eigenvalue weighted by molar-refractivity contribution is 7.92. The van der Waals surface area contributed by atoms with E-state index in [-0.39, 0.29) is 0 Å². The van der Waals surface area contributed by atoms with Crippen molar-refractivity contribution in [3.05, 3.63) is 29.3 Å². The third-order valence-corrected chi connectivity index (χ3v) is 4.16. The van der Waals surface area contributed by atoms with Gasteiger partial charge in [-0.25, -0.2) is 8.42 Å². The van der Waals surface area contributed by atoms with Crippen LogP contribution in [-0.2, 0) is 14.6 Å². The summed E-state index contributed by atoms with van der Waals surface area (Å²) in [6, 6.07) is 5.64. The Morgan fingerprint density at radius 1 is 1.29 bits per heavy atom. The van der Waals surface area contributed by atoms with Crippen molar-refractivity contribution >= 4 is 21.4 Å². The summed E-state index contributed by atoms with van der Waals surface area (Å²) in [4.78, 5) is 11.7. The molecule has 94 valence electrons. The van der Waals surface area contributed by atoms with Gasteiger partial charge in [0.15, 0.2) is 9.84 Å². The highest BCUT2D eigenvalue weighted by atomic mass is 32.2. The summed E-state index contributed by atoms with van der Waals surface area (Å²) in [5, 5.41) is 1.60. The van der Waals surface area contributed by atoms with Gasteiger partial charge in [0, 0.05) is 11.9 Å². The average molecular weight is 255 g/mol. The zero-order chi connectivity index (χ0) is 13.2. The van der Waals surface area contributed by atoms with Crippen molar-refractivity contribution in [1.29, 1.82) is 0 Å². The fourth-order valence-corrected chi connectivity index (χ4v) is 1.75. The van der Waals surface area contributed by atoms with Gasteiger partial charge in [-0.05, 0) is 38.0 Å². The van der Waals surface area contributed by atoms with Crippen molar-refractivity contribution in [2.24, 2.45) is 0 Å². The number of rotatable bonds is 3. The molecule has 1 unspecified atom stereocenters. The predicted molar refractivity (Wildman–Crippen MR) is 68.9 cm³/mol. The molecule has 0 saturated heterocycles. The average Bonchev–Trinajstić information content (AvgIpc) is 2.21. The molecule has 0 aromatic heterocycles. The van der Waals surface area contributed by atoms with Crippen LogP contribution in [-0.4, -0.2) is 25.8 Å². The number of nitrogens with one attached hydrogen (secondary N) is 1. The SMILES string of the molecule is Cc1ccc(C)c(NC(=O)C(C)S(C)(=O)=O)c1. The summed E-state index contributed by atoms with van der Waals surface area (Å²) >= 11 is 0. The summed E-state index contributed by atoms with van der Waals surface area (Å²) in [7, 11) is -3.36. The van der Waals surface area contributed by atoms with Crippen molar-refractivity contribution in [3.8, 4) is 0 Å². The number of aryl methyl sites for hydroxylation is 2. The number of hydrogen-bond acceptors (Lipinski definition) is 3. The van der Waals surface area contributed by atoms with Gasteiger partial charge in [0.1, 0.15) is 5.25 Å². The lowest BCUT2D eigenvalue weighted by Gasteiger charge is -2.12. The molecular weight excluding hydrogens is 238 g/mol. The fourth-order valence-electron chi connectivity index (χ4n) is 1.30. The maximum absolute atomic E-state index is 11.7. The maximum Gasteiger partial charge on any atom is 0.242 e.